The minimum Gasteiger partial charge on any atom is -0.355 e. The fraction of sp³-hybridized carbons (Fsp3) is 0.556. The average Bonchev–Trinajstić information content (AvgIpc) is 3.35. The van der Waals surface area contributed by atoms with Crippen LogP contribution in [-0.2, 0) is 24.3 Å². The predicted molar refractivity (Wildman–Crippen MR) is 115 cm³/mol. The highest BCUT2D eigenvalue weighted by Gasteiger charge is 2.16. The monoisotopic (exact) mass is 430 g/mol. The van der Waals surface area contributed by atoms with Gasteiger partial charge in [-0.15, -0.1) is 10.2 Å². The Bertz CT molecular complexity index is 1010. The normalized spacial score (nSPS) is 13.3. The van der Waals surface area contributed by atoms with Crippen LogP contribution < -0.4 is 16.0 Å². The Morgan fingerprint density at radius 2 is 2.00 bits per heavy atom. The molecular formula is C18H26N10OS. The number of amides is 1. The number of imidazole rings is 1. The fourth-order valence-electron chi connectivity index (χ4n) is 3.32. The van der Waals surface area contributed by atoms with E-state index in [4.69, 9.17) is 0 Å². The second kappa shape index (κ2) is 9.28. The molecule has 0 radical (unpaired) electrons. The van der Waals surface area contributed by atoms with Gasteiger partial charge in [-0.05, 0) is 26.7 Å². The molecule has 12 heteroatoms. The van der Waals surface area contributed by atoms with Crippen molar-refractivity contribution in [2.24, 2.45) is 0 Å². The first-order valence-electron chi connectivity index (χ1n) is 10.2. The van der Waals surface area contributed by atoms with Crippen LogP contribution in [0, 0.1) is 0 Å². The second-order valence-corrected chi connectivity index (χ2v) is 7.86. The molecule has 0 saturated heterocycles. The maximum atomic E-state index is 12.4. The Balaban J connectivity index is 1.39. The van der Waals surface area contributed by atoms with Crippen molar-refractivity contribution in [1.82, 2.24) is 39.4 Å². The van der Waals surface area contributed by atoms with Gasteiger partial charge in [-0.2, -0.15) is 9.97 Å². The van der Waals surface area contributed by atoms with Crippen molar-refractivity contribution in [3.8, 4) is 0 Å². The van der Waals surface area contributed by atoms with E-state index in [2.05, 4.69) is 45.7 Å². The van der Waals surface area contributed by atoms with Crippen molar-refractivity contribution < 1.29 is 4.79 Å². The van der Waals surface area contributed by atoms with Gasteiger partial charge in [0.15, 0.2) is 5.16 Å². The second-order valence-electron chi connectivity index (χ2n) is 6.91. The van der Waals surface area contributed by atoms with Gasteiger partial charge in [-0.1, -0.05) is 11.8 Å². The molecule has 30 heavy (non-hydrogen) atoms. The van der Waals surface area contributed by atoms with Crippen molar-refractivity contribution in [2.75, 3.05) is 29.5 Å². The zero-order valence-corrected chi connectivity index (χ0v) is 18.0. The molecule has 1 aliphatic rings. The minimum atomic E-state index is -0.0853. The van der Waals surface area contributed by atoms with Crippen molar-refractivity contribution in [1.29, 1.82) is 0 Å². The molecule has 0 fully saturated rings. The lowest BCUT2D eigenvalue weighted by molar-refractivity contribution is -0.118. The highest BCUT2D eigenvalue weighted by molar-refractivity contribution is 7.99. The van der Waals surface area contributed by atoms with Crippen LogP contribution in [-0.4, -0.2) is 58.9 Å². The lowest BCUT2D eigenvalue weighted by Crippen LogP contribution is -2.25. The van der Waals surface area contributed by atoms with E-state index >= 15 is 0 Å². The molecule has 4 heterocycles. The Kier molecular flexibility index (Phi) is 6.31. The van der Waals surface area contributed by atoms with Crippen LogP contribution in [0.2, 0.25) is 0 Å². The molecular weight excluding hydrogens is 404 g/mol. The van der Waals surface area contributed by atoms with Crippen LogP contribution in [0.15, 0.2) is 11.4 Å². The zero-order valence-electron chi connectivity index (χ0n) is 17.2. The van der Waals surface area contributed by atoms with E-state index in [1.54, 1.807) is 4.40 Å². The summed E-state index contributed by atoms with van der Waals surface area (Å²) in [5.74, 6) is 2.76. The van der Waals surface area contributed by atoms with Crippen molar-refractivity contribution in [2.45, 2.75) is 51.4 Å². The van der Waals surface area contributed by atoms with Gasteiger partial charge in [-0.3, -0.25) is 4.79 Å². The van der Waals surface area contributed by atoms with Gasteiger partial charge in [0.1, 0.15) is 5.82 Å². The Morgan fingerprint density at radius 1 is 1.13 bits per heavy atom. The van der Waals surface area contributed by atoms with E-state index in [1.165, 1.54) is 24.6 Å². The van der Waals surface area contributed by atoms with Crippen LogP contribution in [0.25, 0.3) is 5.78 Å². The molecule has 0 saturated carbocycles. The number of aryl methyl sites for hydroxylation is 2. The van der Waals surface area contributed by atoms with E-state index < -0.39 is 0 Å². The molecule has 0 bridgehead atoms. The standard InChI is InChI=1S/C18H26N10OS/c1-3-19-15-23-16(20-4-2)28-17(24-15)25-26-18(28)30-11-14(29)21-9-12-10-27-8-6-5-7-13(27)22-12/h10H,3-9,11H2,1-2H3,(H,21,29)(H2,19,20,23,24,25). The summed E-state index contributed by atoms with van der Waals surface area (Å²) in [5, 5.41) is 18.1. The number of rotatable bonds is 9. The van der Waals surface area contributed by atoms with Gasteiger partial charge in [0, 0.05) is 32.3 Å². The highest BCUT2D eigenvalue weighted by Crippen LogP contribution is 2.21. The highest BCUT2D eigenvalue weighted by atomic mass is 32.2. The number of hydrogen-bond acceptors (Lipinski definition) is 9. The average molecular weight is 431 g/mol. The van der Waals surface area contributed by atoms with E-state index in [0.717, 1.165) is 24.5 Å². The van der Waals surface area contributed by atoms with Crippen molar-refractivity contribution >= 4 is 35.3 Å². The number of hydrogen-bond donors (Lipinski definition) is 3. The quantitative estimate of drug-likeness (QED) is 0.431. The van der Waals surface area contributed by atoms with E-state index in [0.29, 0.717) is 42.5 Å². The number of anilines is 2. The molecule has 0 atom stereocenters. The van der Waals surface area contributed by atoms with Crippen LogP contribution in [0.1, 0.15) is 38.2 Å². The summed E-state index contributed by atoms with van der Waals surface area (Å²) < 4.78 is 3.91. The number of aromatic nitrogens is 7. The molecule has 3 aromatic heterocycles. The zero-order chi connectivity index (χ0) is 20.9. The summed E-state index contributed by atoms with van der Waals surface area (Å²) in [7, 11) is 0. The smallest absolute Gasteiger partial charge is 0.261 e. The number of carbonyl (C=O) groups excluding carboxylic acids is 1. The molecule has 3 N–H and O–H groups in total. The third kappa shape index (κ3) is 4.48. The topological polar surface area (TPSA) is 127 Å². The van der Waals surface area contributed by atoms with Crippen LogP contribution >= 0.6 is 11.8 Å². The summed E-state index contributed by atoms with van der Waals surface area (Å²) in [6.07, 6.45) is 5.42. The summed E-state index contributed by atoms with van der Waals surface area (Å²) in [6, 6.07) is 0. The van der Waals surface area contributed by atoms with Crippen molar-refractivity contribution in [3.63, 3.8) is 0 Å². The molecule has 11 nitrogen and oxygen atoms in total. The summed E-state index contributed by atoms with van der Waals surface area (Å²) in [6.45, 7) is 6.80. The van der Waals surface area contributed by atoms with E-state index in [-0.39, 0.29) is 11.7 Å². The van der Waals surface area contributed by atoms with Gasteiger partial charge in [-0.25, -0.2) is 9.38 Å². The molecule has 0 unspecified atom stereocenters. The number of fused-ring (bicyclic) bond motifs is 2. The molecule has 1 aliphatic heterocycles. The Morgan fingerprint density at radius 3 is 2.80 bits per heavy atom. The van der Waals surface area contributed by atoms with E-state index in [9.17, 15) is 4.79 Å². The van der Waals surface area contributed by atoms with Crippen LogP contribution in [0.3, 0.4) is 0 Å². The summed E-state index contributed by atoms with van der Waals surface area (Å²) in [4.78, 5) is 25.8. The Hall–Kier alpha value is -2.89. The first kappa shape index (κ1) is 20.4. The number of nitrogens with zero attached hydrogens (tertiary/aromatic N) is 7. The first-order valence-corrected chi connectivity index (χ1v) is 11.2. The molecule has 1 amide bonds. The van der Waals surface area contributed by atoms with Gasteiger partial charge < -0.3 is 20.5 Å². The molecule has 0 aliphatic carbocycles. The third-order valence-electron chi connectivity index (χ3n) is 4.67. The van der Waals surface area contributed by atoms with Gasteiger partial charge in [0.2, 0.25) is 17.8 Å². The number of thioether (sulfide) groups is 1. The van der Waals surface area contributed by atoms with Crippen molar-refractivity contribution in [3.05, 3.63) is 17.7 Å². The van der Waals surface area contributed by atoms with Gasteiger partial charge in [0.25, 0.3) is 5.78 Å². The third-order valence-corrected chi connectivity index (χ3v) is 5.60. The largest absolute Gasteiger partial charge is 0.355 e. The SMILES string of the molecule is CCNc1nc(NCC)n2c(SCC(=O)NCc3cn4c(n3)CCCC4)nnc2n1. The minimum absolute atomic E-state index is 0.0853. The van der Waals surface area contributed by atoms with Crippen LogP contribution in [0.4, 0.5) is 11.9 Å². The summed E-state index contributed by atoms with van der Waals surface area (Å²) in [5.41, 5.74) is 0.900. The Labute approximate surface area is 178 Å². The van der Waals surface area contributed by atoms with Crippen LogP contribution in [0.5, 0.6) is 0 Å². The lowest BCUT2D eigenvalue weighted by Gasteiger charge is -2.11. The maximum Gasteiger partial charge on any atom is 0.261 e. The maximum absolute atomic E-state index is 12.4. The predicted octanol–water partition coefficient (Wildman–Crippen LogP) is 1.32. The fourth-order valence-corrected chi connectivity index (χ4v) is 4.08. The van der Waals surface area contributed by atoms with E-state index in [1.807, 2.05) is 20.0 Å². The first-order chi connectivity index (χ1) is 14.7. The number of nitrogens with one attached hydrogen (secondary N) is 3. The van der Waals surface area contributed by atoms with Gasteiger partial charge >= 0.3 is 0 Å². The molecule has 160 valence electrons. The molecule has 4 rings (SSSR count). The molecule has 3 aromatic rings. The molecule has 0 aromatic carbocycles. The lowest BCUT2D eigenvalue weighted by atomic mass is 10.2. The van der Waals surface area contributed by atoms with Gasteiger partial charge in [0.05, 0.1) is 18.0 Å². The summed E-state index contributed by atoms with van der Waals surface area (Å²) >= 11 is 1.30. The number of carbonyl (C=O) groups is 1. The molecule has 0 spiro atoms.